The van der Waals surface area contributed by atoms with Gasteiger partial charge in [-0.25, -0.2) is 0 Å². The lowest BCUT2D eigenvalue weighted by Crippen LogP contribution is -2.02. The molecule has 4 aromatic rings. The Labute approximate surface area is 142 Å². The molecule has 0 bridgehead atoms. The van der Waals surface area contributed by atoms with E-state index >= 15 is 0 Å². The SMILES string of the molecule is Cc1nnc(-c2ccc3occ(-c4ccc(P(=O)(O)O)cc4)c3c2)o1. The largest absolute Gasteiger partial charge is 0.464 e. The minimum Gasteiger partial charge on any atom is -0.464 e. The van der Waals surface area contributed by atoms with Crippen LogP contribution < -0.4 is 5.30 Å². The van der Waals surface area contributed by atoms with Crippen molar-refractivity contribution in [2.45, 2.75) is 6.92 Å². The van der Waals surface area contributed by atoms with Crippen LogP contribution in [0.25, 0.3) is 33.6 Å². The highest BCUT2D eigenvalue weighted by molar-refractivity contribution is 7.60. The molecule has 126 valence electrons. The van der Waals surface area contributed by atoms with Crippen LogP contribution in [0.5, 0.6) is 0 Å². The molecule has 2 N–H and O–H groups in total. The molecule has 0 saturated heterocycles. The van der Waals surface area contributed by atoms with E-state index < -0.39 is 7.60 Å². The molecule has 2 aromatic heterocycles. The van der Waals surface area contributed by atoms with E-state index in [1.165, 1.54) is 12.1 Å². The number of nitrogens with zero attached hydrogens (tertiary/aromatic N) is 2. The predicted molar refractivity (Wildman–Crippen MR) is 91.4 cm³/mol. The third kappa shape index (κ3) is 2.89. The van der Waals surface area contributed by atoms with Crippen molar-refractivity contribution < 1.29 is 23.2 Å². The van der Waals surface area contributed by atoms with Gasteiger partial charge in [-0.1, -0.05) is 12.1 Å². The molecule has 2 heterocycles. The zero-order valence-corrected chi connectivity index (χ0v) is 14.0. The van der Waals surface area contributed by atoms with Crippen LogP contribution in [0.4, 0.5) is 0 Å². The molecule has 0 unspecified atom stereocenters. The molecular weight excluding hydrogens is 343 g/mol. The van der Waals surface area contributed by atoms with Crippen molar-refractivity contribution in [3.63, 3.8) is 0 Å². The third-order valence-electron chi connectivity index (χ3n) is 3.86. The lowest BCUT2D eigenvalue weighted by Gasteiger charge is -2.05. The smallest absolute Gasteiger partial charge is 0.356 e. The van der Waals surface area contributed by atoms with E-state index in [1.54, 1.807) is 25.3 Å². The normalized spacial score (nSPS) is 12.0. The van der Waals surface area contributed by atoms with Crippen LogP contribution in [0.15, 0.2) is 57.6 Å². The van der Waals surface area contributed by atoms with Gasteiger partial charge in [-0.2, -0.15) is 0 Å². The van der Waals surface area contributed by atoms with E-state index in [1.807, 2.05) is 18.2 Å². The molecule has 0 amide bonds. The Kier molecular flexibility index (Phi) is 3.58. The number of rotatable bonds is 3. The first-order valence-corrected chi connectivity index (χ1v) is 9.01. The molecule has 4 rings (SSSR count). The second kappa shape index (κ2) is 5.67. The summed E-state index contributed by atoms with van der Waals surface area (Å²) in [5.41, 5.74) is 3.05. The average molecular weight is 356 g/mol. The van der Waals surface area contributed by atoms with Crippen LogP contribution in [0.3, 0.4) is 0 Å². The van der Waals surface area contributed by atoms with E-state index in [2.05, 4.69) is 10.2 Å². The summed E-state index contributed by atoms with van der Waals surface area (Å²) in [6.07, 6.45) is 1.61. The molecule has 0 saturated carbocycles. The van der Waals surface area contributed by atoms with Gasteiger partial charge in [-0.15, -0.1) is 10.2 Å². The van der Waals surface area contributed by atoms with Crippen LogP contribution in [0, 0.1) is 6.92 Å². The predicted octanol–water partition coefficient (Wildman–Crippen LogP) is 3.26. The Morgan fingerprint density at radius 2 is 1.72 bits per heavy atom. The lowest BCUT2D eigenvalue weighted by molar-refractivity contribution is 0.387. The first-order chi connectivity index (χ1) is 11.9. The van der Waals surface area contributed by atoms with Gasteiger partial charge in [0.05, 0.1) is 11.6 Å². The number of aromatic nitrogens is 2. The maximum atomic E-state index is 11.3. The van der Waals surface area contributed by atoms with Crippen molar-refractivity contribution in [3.05, 3.63) is 54.6 Å². The van der Waals surface area contributed by atoms with E-state index in [4.69, 9.17) is 8.83 Å². The van der Waals surface area contributed by atoms with E-state index in [0.717, 1.165) is 22.1 Å². The van der Waals surface area contributed by atoms with Crippen LogP contribution in [-0.4, -0.2) is 20.0 Å². The Hall–Kier alpha value is -2.73. The van der Waals surface area contributed by atoms with Gasteiger partial charge in [0.2, 0.25) is 11.8 Å². The van der Waals surface area contributed by atoms with Gasteiger partial charge in [0.25, 0.3) is 0 Å². The molecule has 7 nitrogen and oxygen atoms in total. The molecule has 0 atom stereocenters. The summed E-state index contributed by atoms with van der Waals surface area (Å²) in [7, 11) is -4.26. The third-order valence-corrected chi connectivity index (χ3v) is 4.83. The summed E-state index contributed by atoms with van der Waals surface area (Å²) < 4.78 is 22.3. The van der Waals surface area contributed by atoms with Crippen LogP contribution >= 0.6 is 7.60 Å². The summed E-state index contributed by atoms with van der Waals surface area (Å²) in [4.78, 5) is 18.4. The lowest BCUT2D eigenvalue weighted by atomic mass is 10.0. The molecule has 0 aliphatic rings. The van der Waals surface area contributed by atoms with Crippen molar-refractivity contribution >= 4 is 23.9 Å². The average Bonchev–Trinajstić information content (AvgIpc) is 3.19. The highest BCUT2D eigenvalue weighted by Crippen LogP contribution is 2.36. The van der Waals surface area contributed by atoms with E-state index in [-0.39, 0.29) is 5.30 Å². The molecule has 0 aliphatic heterocycles. The molecule has 8 heteroatoms. The number of aryl methyl sites for hydroxylation is 1. The van der Waals surface area contributed by atoms with Gasteiger partial charge in [0.1, 0.15) is 5.58 Å². The van der Waals surface area contributed by atoms with Crippen molar-refractivity contribution in [2.24, 2.45) is 0 Å². The molecular formula is C17H13N2O5P. The zero-order valence-electron chi connectivity index (χ0n) is 13.1. The molecule has 0 spiro atoms. The van der Waals surface area contributed by atoms with Crippen molar-refractivity contribution in [1.29, 1.82) is 0 Å². The summed E-state index contributed by atoms with van der Waals surface area (Å²) >= 11 is 0. The summed E-state index contributed by atoms with van der Waals surface area (Å²) in [5.74, 6) is 0.902. The highest BCUT2D eigenvalue weighted by atomic mass is 31.2. The minimum absolute atomic E-state index is 0.0222. The zero-order chi connectivity index (χ0) is 17.6. The highest BCUT2D eigenvalue weighted by Gasteiger charge is 2.17. The Morgan fingerprint density at radius 3 is 2.36 bits per heavy atom. The fraction of sp³-hybridized carbons (Fsp3) is 0.0588. The summed E-state index contributed by atoms with van der Waals surface area (Å²) in [5, 5.41) is 8.67. The van der Waals surface area contributed by atoms with Crippen LogP contribution in [-0.2, 0) is 4.57 Å². The quantitative estimate of drug-likeness (QED) is 0.542. The number of hydrogen-bond donors (Lipinski definition) is 2. The second-order valence-corrected chi connectivity index (χ2v) is 7.18. The number of furan rings is 1. The maximum absolute atomic E-state index is 11.3. The Bertz CT molecular complexity index is 1110. The summed E-state index contributed by atoms with van der Waals surface area (Å²) in [6, 6.07) is 11.7. The molecule has 0 aliphatic carbocycles. The van der Waals surface area contributed by atoms with Gasteiger partial charge < -0.3 is 18.6 Å². The van der Waals surface area contributed by atoms with Gasteiger partial charge in [0.15, 0.2) is 0 Å². The van der Waals surface area contributed by atoms with Gasteiger partial charge in [-0.05, 0) is 35.9 Å². The van der Waals surface area contributed by atoms with Crippen molar-refractivity contribution in [3.8, 4) is 22.6 Å². The van der Waals surface area contributed by atoms with Gasteiger partial charge >= 0.3 is 7.60 Å². The molecule has 0 radical (unpaired) electrons. The fourth-order valence-corrected chi connectivity index (χ4v) is 3.17. The first-order valence-electron chi connectivity index (χ1n) is 7.40. The Morgan fingerprint density at radius 1 is 1.00 bits per heavy atom. The van der Waals surface area contributed by atoms with Gasteiger partial charge in [-0.3, -0.25) is 4.57 Å². The van der Waals surface area contributed by atoms with E-state index in [0.29, 0.717) is 17.4 Å². The minimum atomic E-state index is -4.26. The van der Waals surface area contributed by atoms with Crippen molar-refractivity contribution in [2.75, 3.05) is 0 Å². The van der Waals surface area contributed by atoms with Gasteiger partial charge in [0, 0.05) is 23.4 Å². The Balaban J connectivity index is 1.81. The molecule has 0 fully saturated rings. The summed E-state index contributed by atoms with van der Waals surface area (Å²) in [6.45, 7) is 1.72. The first kappa shape index (κ1) is 15.8. The topological polar surface area (TPSA) is 110 Å². The second-order valence-electron chi connectivity index (χ2n) is 5.58. The maximum Gasteiger partial charge on any atom is 0.356 e. The molecule has 2 aromatic carbocycles. The fourth-order valence-electron chi connectivity index (χ4n) is 2.63. The number of benzene rings is 2. The van der Waals surface area contributed by atoms with Crippen LogP contribution in [0.1, 0.15) is 5.89 Å². The number of hydrogen-bond acceptors (Lipinski definition) is 5. The standard InChI is InChI=1S/C17H13N2O5P/c1-10-18-19-17(24-10)12-4-7-16-14(8-12)15(9-23-16)11-2-5-13(6-3-11)25(20,21)22/h2-9H,1H3,(H2,20,21,22). The van der Waals surface area contributed by atoms with E-state index in [9.17, 15) is 14.4 Å². The molecule has 25 heavy (non-hydrogen) atoms. The van der Waals surface area contributed by atoms with Crippen molar-refractivity contribution in [1.82, 2.24) is 10.2 Å². The van der Waals surface area contributed by atoms with Crippen LogP contribution in [0.2, 0.25) is 0 Å². The monoisotopic (exact) mass is 356 g/mol. The number of fused-ring (bicyclic) bond motifs is 1.